The highest BCUT2D eigenvalue weighted by Crippen LogP contribution is 2.33. The highest BCUT2D eigenvalue weighted by atomic mass is 16.5. The molecule has 1 N–H and O–H groups in total. The maximum Gasteiger partial charge on any atom is 0.124 e. The van der Waals surface area contributed by atoms with Crippen LogP contribution in [0.5, 0.6) is 5.75 Å². The first kappa shape index (κ1) is 17.0. The van der Waals surface area contributed by atoms with E-state index in [1.807, 2.05) is 0 Å². The number of nitrogens with one attached hydrogen (secondary N) is 1. The predicted octanol–water partition coefficient (Wildman–Crippen LogP) is 4.79. The van der Waals surface area contributed by atoms with Gasteiger partial charge in [0.25, 0.3) is 0 Å². The zero-order chi connectivity index (χ0) is 15.1. The summed E-state index contributed by atoms with van der Waals surface area (Å²) >= 11 is 0. The van der Waals surface area contributed by atoms with Gasteiger partial charge < -0.3 is 10.1 Å². The van der Waals surface area contributed by atoms with Crippen LogP contribution in [0.25, 0.3) is 0 Å². The number of hydrogen-bond donors (Lipinski definition) is 1. The Kier molecular flexibility index (Phi) is 7.08. The minimum Gasteiger partial charge on any atom is -0.496 e. The lowest BCUT2D eigenvalue weighted by Gasteiger charge is -2.27. The molecule has 0 spiro atoms. The Labute approximate surface area is 124 Å². The Morgan fingerprint density at radius 3 is 2.15 bits per heavy atom. The third kappa shape index (κ3) is 3.99. The molecular formula is C18H31NO. The fourth-order valence-electron chi connectivity index (χ4n) is 3.23. The van der Waals surface area contributed by atoms with Crippen LogP contribution in [0.4, 0.5) is 0 Å². The normalized spacial score (nSPS) is 14.1. The molecule has 0 radical (unpaired) electrons. The summed E-state index contributed by atoms with van der Waals surface area (Å²) in [5.74, 6) is 1.72. The third-order valence-electron chi connectivity index (χ3n) is 4.28. The standard InChI is InChI=1S/C18H31NO/c1-7-9-10-15(8-2)17(19-5)16-11-13(3)18(20-6)14(4)12-16/h11-12,15,17,19H,7-10H2,1-6H3. The van der Waals surface area contributed by atoms with E-state index in [9.17, 15) is 0 Å². The first-order valence-corrected chi connectivity index (χ1v) is 7.91. The van der Waals surface area contributed by atoms with E-state index in [1.165, 1.54) is 42.4 Å². The van der Waals surface area contributed by atoms with Gasteiger partial charge in [-0.3, -0.25) is 0 Å². The van der Waals surface area contributed by atoms with Gasteiger partial charge in [0.1, 0.15) is 5.75 Å². The van der Waals surface area contributed by atoms with Crippen molar-refractivity contribution in [2.45, 2.75) is 59.4 Å². The Morgan fingerprint density at radius 1 is 1.15 bits per heavy atom. The molecule has 0 aliphatic rings. The summed E-state index contributed by atoms with van der Waals surface area (Å²) in [7, 11) is 3.83. The van der Waals surface area contributed by atoms with Crippen LogP contribution in [0.2, 0.25) is 0 Å². The maximum atomic E-state index is 5.48. The Bertz CT molecular complexity index is 391. The summed E-state index contributed by atoms with van der Waals surface area (Å²) in [5, 5.41) is 3.53. The molecule has 0 amide bonds. The van der Waals surface area contributed by atoms with Crippen LogP contribution < -0.4 is 10.1 Å². The van der Waals surface area contributed by atoms with Gasteiger partial charge in [0.15, 0.2) is 0 Å². The van der Waals surface area contributed by atoms with Crippen molar-refractivity contribution in [1.29, 1.82) is 0 Å². The van der Waals surface area contributed by atoms with Crippen LogP contribution >= 0.6 is 0 Å². The van der Waals surface area contributed by atoms with Gasteiger partial charge >= 0.3 is 0 Å². The quantitative estimate of drug-likeness (QED) is 0.737. The molecule has 0 aliphatic heterocycles. The van der Waals surface area contributed by atoms with Gasteiger partial charge in [-0.25, -0.2) is 0 Å². The minimum atomic E-state index is 0.440. The van der Waals surface area contributed by atoms with Crippen molar-refractivity contribution in [2.75, 3.05) is 14.2 Å². The van der Waals surface area contributed by atoms with Gasteiger partial charge in [-0.05, 0) is 49.9 Å². The second-order valence-electron chi connectivity index (χ2n) is 5.76. The SMILES string of the molecule is CCCCC(CC)C(NC)c1cc(C)c(OC)c(C)c1. The lowest BCUT2D eigenvalue weighted by Crippen LogP contribution is -2.25. The average Bonchev–Trinajstić information content (AvgIpc) is 2.43. The van der Waals surface area contributed by atoms with Gasteiger partial charge in [-0.15, -0.1) is 0 Å². The summed E-state index contributed by atoms with van der Waals surface area (Å²) in [6, 6.07) is 5.00. The molecule has 20 heavy (non-hydrogen) atoms. The molecule has 1 rings (SSSR count). The van der Waals surface area contributed by atoms with Crippen molar-refractivity contribution in [3.63, 3.8) is 0 Å². The van der Waals surface area contributed by atoms with Gasteiger partial charge in [0, 0.05) is 6.04 Å². The van der Waals surface area contributed by atoms with Crippen LogP contribution in [-0.4, -0.2) is 14.2 Å². The van der Waals surface area contributed by atoms with Crippen molar-refractivity contribution < 1.29 is 4.74 Å². The van der Waals surface area contributed by atoms with E-state index in [4.69, 9.17) is 4.74 Å². The Balaban J connectivity index is 3.05. The first-order valence-electron chi connectivity index (χ1n) is 7.91. The fraction of sp³-hybridized carbons (Fsp3) is 0.667. The molecule has 0 aliphatic carbocycles. The smallest absolute Gasteiger partial charge is 0.124 e. The van der Waals surface area contributed by atoms with E-state index in [0.717, 1.165) is 5.75 Å². The lowest BCUT2D eigenvalue weighted by atomic mass is 9.85. The van der Waals surface area contributed by atoms with E-state index >= 15 is 0 Å². The second kappa shape index (κ2) is 8.31. The molecule has 2 atom stereocenters. The molecule has 2 heteroatoms. The zero-order valence-electron chi connectivity index (χ0n) is 14.0. The average molecular weight is 277 g/mol. The van der Waals surface area contributed by atoms with E-state index in [0.29, 0.717) is 12.0 Å². The topological polar surface area (TPSA) is 21.3 Å². The number of aryl methyl sites for hydroxylation is 2. The van der Waals surface area contributed by atoms with E-state index in [-0.39, 0.29) is 0 Å². The number of ether oxygens (including phenoxy) is 1. The van der Waals surface area contributed by atoms with E-state index < -0.39 is 0 Å². The van der Waals surface area contributed by atoms with Crippen LogP contribution in [0.1, 0.15) is 62.3 Å². The zero-order valence-corrected chi connectivity index (χ0v) is 14.0. The molecule has 114 valence electrons. The molecular weight excluding hydrogens is 246 g/mol. The molecule has 0 heterocycles. The fourth-order valence-corrected chi connectivity index (χ4v) is 3.23. The summed E-state index contributed by atoms with van der Waals surface area (Å²) in [6.07, 6.45) is 5.09. The van der Waals surface area contributed by atoms with Gasteiger partial charge in [-0.2, -0.15) is 0 Å². The summed E-state index contributed by atoms with van der Waals surface area (Å²) in [4.78, 5) is 0. The predicted molar refractivity (Wildman–Crippen MR) is 87.6 cm³/mol. The maximum absolute atomic E-state index is 5.48. The molecule has 0 saturated carbocycles. The van der Waals surface area contributed by atoms with Crippen molar-refractivity contribution in [3.05, 3.63) is 28.8 Å². The molecule has 1 aromatic rings. The largest absolute Gasteiger partial charge is 0.496 e. The summed E-state index contributed by atoms with van der Waals surface area (Å²) in [5.41, 5.74) is 3.85. The molecule has 2 unspecified atom stereocenters. The molecule has 1 aromatic carbocycles. The van der Waals surface area contributed by atoms with Crippen LogP contribution in [0.3, 0.4) is 0 Å². The molecule has 0 aromatic heterocycles. The minimum absolute atomic E-state index is 0.440. The van der Waals surface area contributed by atoms with Gasteiger partial charge in [0.05, 0.1) is 7.11 Å². The molecule has 0 fully saturated rings. The molecule has 0 saturated heterocycles. The number of unbranched alkanes of at least 4 members (excludes halogenated alkanes) is 1. The molecule has 2 nitrogen and oxygen atoms in total. The van der Waals surface area contributed by atoms with Crippen LogP contribution in [-0.2, 0) is 0 Å². The highest BCUT2D eigenvalue weighted by molar-refractivity contribution is 5.44. The van der Waals surface area contributed by atoms with E-state index in [2.05, 4.69) is 52.2 Å². The second-order valence-corrected chi connectivity index (χ2v) is 5.76. The summed E-state index contributed by atoms with van der Waals surface area (Å²) < 4.78 is 5.48. The van der Waals surface area contributed by atoms with Crippen molar-refractivity contribution in [3.8, 4) is 5.75 Å². The van der Waals surface area contributed by atoms with Crippen molar-refractivity contribution in [2.24, 2.45) is 5.92 Å². The lowest BCUT2D eigenvalue weighted by molar-refractivity contribution is 0.338. The Hall–Kier alpha value is -1.02. The number of methoxy groups -OCH3 is 1. The Morgan fingerprint density at radius 2 is 1.75 bits per heavy atom. The van der Waals surface area contributed by atoms with Crippen molar-refractivity contribution >= 4 is 0 Å². The first-order chi connectivity index (χ1) is 9.58. The van der Waals surface area contributed by atoms with Crippen LogP contribution in [0.15, 0.2) is 12.1 Å². The summed E-state index contributed by atoms with van der Waals surface area (Å²) in [6.45, 7) is 8.83. The van der Waals surface area contributed by atoms with Gasteiger partial charge in [-0.1, -0.05) is 45.2 Å². The van der Waals surface area contributed by atoms with Crippen molar-refractivity contribution in [1.82, 2.24) is 5.32 Å². The number of benzene rings is 1. The highest BCUT2D eigenvalue weighted by Gasteiger charge is 2.21. The van der Waals surface area contributed by atoms with Gasteiger partial charge in [0.2, 0.25) is 0 Å². The van der Waals surface area contributed by atoms with E-state index in [1.54, 1.807) is 7.11 Å². The number of rotatable bonds is 8. The monoisotopic (exact) mass is 277 g/mol. The number of hydrogen-bond acceptors (Lipinski definition) is 2. The molecule has 0 bridgehead atoms. The third-order valence-corrected chi connectivity index (χ3v) is 4.28. The van der Waals surface area contributed by atoms with Crippen LogP contribution in [0, 0.1) is 19.8 Å².